The van der Waals surface area contributed by atoms with Gasteiger partial charge in [-0.3, -0.25) is 10.2 Å². The van der Waals surface area contributed by atoms with Gasteiger partial charge in [-0.1, -0.05) is 12.7 Å². The first-order chi connectivity index (χ1) is 9.32. The Hall–Kier alpha value is -2.24. The summed E-state index contributed by atoms with van der Waals surface area (Å²) in [5.74, 6) is 0. The highest BCUT2D eigenvalue weighted by Crippen LogP contribution is 2.06. The Morgan fingerprint density at radius 1 is 1.30 bits per heavy atom. The average molecular weight is 281 g/mol. The van der Waals surface area contributed by atoms with Gasteiger partial charge in [0.05, 0.1) is 5.70 Å². The van der Waals surface area contributed by atoms with Crippen LogP contribution in [0.4, 0.5) is 4.79 Å². The van der Waals surface area contributed by atoms with E-state index in [1.165, 1.54) is 0 Å². The molecule has 6 heteroatoms. The van der Waals surface area contributed by atoms with E-state index in [0.717, 1.165) is 5.57 Å². The molecule has 6 nitrogen and oxygen atoms in total. The van der Waals surface area contributed by atoms with Gasteiger partial charge in [0.2, 0.25) is 6.41 Å². The SMILES string of the molecule is C=C/C(=C\C(=C/C)CNC=O)NNC(=O)OC(C)(C)C. The van der Waals surface area contributed by atoms with Crippen molar-refractivity contribution in [3.05, 3.63) is 36.1 Å². The summed E-state index contributed by atoms with van der Waals surface area (Å²) in [6, 6.07) is 0. The second-order valence-corrected chi connectivity index (χ2v) is 4.92. The molecular weight excluding hydrogens is 258 g/mol. The molecule has 0 fully saturated rings. The second-order valence-electron chi connectivity index (χ2n) is 4.92. The number of ether oxygens (including phenoxy) is 1. The maximum absolute atomic E-state index is 11.5. The molecule has 0 aliphatic heterocycles. The molecule has 0 radical (unpaired) electrons. The molecule has 0 heterocycles. The first-order valence-electron chi connectivity index (χ1n) is 6.23. The zero-order valence-electron chi connectivity index (χ0n) is 12.4. The molecule has 0 atom stereocenters. The van der Waals surface area contributed by atoms with Crippen LogP contribution in [0.1, 0.15) is 27.7 Å². The minimum Gasteiger partial charge on any atom is -0.443 e. The van der Waals surface area contributed by atoms with Crippen molar-refractivity contribution < 1.29 is 14.3 Å². The van der Waals surface area contributed by atoms with Crippen LogP contribution in [0.3, 0.4) is 0 Å². The summed E-state index contributed by atoms with van der Waals surface area (Å²) in [5.41, 5.74) is 5.99. The zero-order chi connectivity index (χ0) is 15.6. The number of carbonyl (C=O) groups excluding carboxylic acids is 2. The highest BCUT2D eigenvalue weighted by atomic mass is 16.6. The summed E-state index contributed by atoms with van der Waals surface area (Å²) < 4.78 is 5.08. The van der Waals surface area contributed by atoms with E-state index in [0.29, 0.717) is 18.7 Å². The van der Waals surface area contributed by atoms with E-state index in [1.807, 2.05) is 13.0 Å². The minimum absolute atomic E-state index is 0.394. The van der Waals surface area contributed by atoms with Gasteiger partial charge in [-0.2, -0.15) is 0 Å². The van der Waals surface area contributed by atoms with Crippen LogP contribution in [0, 0.1) is 0 Å². The van der Waals surface area contributed by atoms with E-state index >= 15 is 0 Å². The number of nitrogens with one attached hydrogen (secondary N) is 3. The molecule has 2 amide bonds. The Bertz CT molecular complexity index is 406. The van der Waals surface area contributed by atoms with Gasteiger partial charge in [0, 0.05) is 6.54 Å². The lowest BCUT2D eigenvalue weighted by Gasteiger charge is -2.20. The van der Waals surface area contributed by atoms with Gasteiger partial charge in [-0.15, -0.1) is 0 Å². The highest BCUT2D eigenvalue weighted by Gasteiger charge is 2.15. The fraction of sp³-hybridized carbons (Fsp3) is 0.429. The highest BCUT2D eigenvalue weighted by molar-refractivity contribution is 5.67. The van der Waals surface area contributed by atoms with E-state index < -0.39 is 11.7 Å². The zero-order valence-corrected chi connectivity index (χ0v) is 12.4. The smallest absolute Gasteiger partial charge is 0.426 e. The fourth-order valence-electron chi connectivity index (χ4n) is 1.17. The maximum atomic E-state index is 11.5. The van der Waals surface area contributed by atoms with Crippen molar-refractivity contribution >= 4 is 12.5 Å². The van der Waals surface area contributed by atoms with Gasteiger partial charge < -0.3 is 10.1 Å². The van der Waals surface area contributed by atoms with Crippen molar-refractivity contribution in [2.45, 2.75) is 33.3 Å². The molecule has 0 saturated heterocycles. The Balaban J connectivity index is 4.50. The van der Waals surface area contributed by atoms with E-state index in [-0.39, 0.29) is 0 Å². The summed E-state index contributed by atoms with van der Waals surface area (Å²) in [7, 11) is 0. The molecule has 112 valence electrons. The Morgan fingerprint density at radius 3 is 2.40 bits per heavy atom. The largest absolute Gasteiger partial charge is 0.443 e. The molecule has 0 aliphatic rings. The van der Waals surface area contributed by atoms with Gasteiger partial charge >= 0.3 is 6.09 Å². The number of hydrogen-bond acceptors (Lipinski definition) is 4. The molecule has 0 aliphatic carbocycles. The molecule has 0 aromatic rings. The first kappa shape index (κ1) is 17.8. The predicted octanol–water partition coefficient (Wildman–Crippen LogP) is 1.78. The molecule has 0 bridgehead atoms. The molecule has 0 spiro atoms. The molecule has 20 heavy (non-hydrogen) atoms. The van der Waals surface area contributed by atoms with E-state index in [1.54, 1.807) is 32.9 Å². The van der Waals surface area contributed by atoms with Crippen molar-refractivity contribution in [3.63, 3.8) is 0 Å². The Labute approximate surface area is 119 Å². The average Bonchev–Trinajstić information content (AvgIpc) is 2.36. The third-order valence-electron chi connectivity index (χ3n) is 2.03. The summed E-state index contributed by atoms with van der Waals surface area (Å²) in [6.07, 6.45) is 5.17. The van der Waals surface area contributed by atoms with Gasteiger partial charge in [0.15, 0.2) is 0 Å². The first-order valence-corrected chi connectivity index (χ1v) is 6.23. The maximum Gasteiger partial charge on any atom is 0.426 e. The quantitative estimate of drug-likeness (QED) is 0.377. The molecule has 0 unspecified atom stereocenters. The molecule has 0 aromatic heterocycles. The van der Waals surface area contributed by atoms with Crippen molar-refractivity contribution in [1.82, 2.24) is 16.2 Å². The molecule has 3 N–H and O–H groups in total. The minimum atomic E-state index is -0.585. The number of carbonyl (C=O) groups is 2. The van der Waals surface area contributed by atoms with Crippen LogP contribution in [0.5, 0.6) is 0 Å². The van der Waals surface area contributed by atoms with E-state index in [2.05, 4.69) is 22.7 Å². The van der Waals surface area contributed by atoms with Crippen LogP contribution >= 0.6 is 0 Å². The lowest BCUT2D eigenvalue weighted by atomic mass is 10.2. The number of rotatable bonds is 7. The Morgan fingerprint density at radius 2 is 1.95 bits per heavy atom. The topological polar surface area (TPSA) is 79.5 Å². The second kappa shape index (κ2) is 8.79. The van der Waals surface area contributed by atoms with Gasteiger partial charge in [0.1, 0.15) is 5.60 Å². The standard InChI is InChI=1S/C14H23N3O3/c1-6-11(9-15-10-18)8-12(7-2)16-17-13(19)20-14(3,4)5/h6-8,10,16H,2,9H2,1,3-5H3,(H,15,18)(H,17,19)/b11-6+,12-8+. The number of hydrazine groups is 1. The molecule has 0 aromatic carbocycles. The summed E-state index contributed by atoms with van der Waals surface area (Å²) in [5, 5.41) is 2.56. The third kappa shape index (κ3) is 8.79. The van der Waals surface area contributed by atoms with E-state index in [4.69, 9.17) is 4.74 Å². The van der Waals surface area contributed by atoms with Gasteiger partial charge in [0.25, 0.3) is 0 Å². The van der Waals surface area contributed by atoms with E-state index in [9.17, 15) is 9.59 Å². The van der Waals surface area contributed by atoms with Gasteiger partial charge in [-0.05, 0) is 45.4 Å². The van der Waals surface area contributed by atoms with Crippen LogP contribution in [0.25, 0.3) is 0 Å². The lowest BCUT2D eigenvalue weighted by molar-refractivity contribution is -0.109. The van der Waals surface area contributed by atoms with Crippen molar-refractivity contribution in [2.24, 2.45) is 0 Å². The third-order valence-corrected chi connectivity index (χ3v) is 2.03. The van der Waals surface area contributed by atoms with Crippen molar-refractivity contribution in [1.29, 1.82) is 0 Å². The van der Waals surface area contributed by atoms with Crippen molar-refractivity contribution in [3.8, 4) is 0 Å². The molecular formula is C14H23N3O3. The van der Waals surface area contributed by atoms with Gasteiger partial charge in [-0.25, -0.2) is 10.2 Å². The van der Waals surface area contributed by atoms with Crippen LogP contribution < -0.4 is 16.2 Å². The molecule has 0 saturated carbocycles. The number of allylic oxidation sites excluding steroid dienone is 2. The number of hydrogen-bond donors (Lipinski definition) is 3. The fourth-order valence-corrected chi connectivity index (χ4v) is 1.17. The number of amides is 2. The van der Waals surface area contributed by atoms with Crippen LogP contribution in [0.15, 0.2) is 36.1 Å². The molecule has 0 rings (SSSR count). The lowest BCUT2D eigenvalue weighted by Crippen LogP contribution is -2.40. The summed E-state index contributed by atoms with van der Waals surface area (Å²) in [4.78, 5) is 21.7. The summed E-state index contributed by atoms with van der Waals surface area (Å²) >= 11 is 0. The van der Waals surface area contributed by atoms with Crippen LogP contribution in [-0.4, -0.2) is 24.6 Å². The van der Waals surface area contributed by atoms with Crippen LogP contribution in [0.2, 0.25) is 0 Å². The Kier molecular flexibility index (Phi) is 7.81. The van der Waals surface area contributed by atoms with Crippen LogP contribution in [-0.2, 0) is 9.53 Å². The predicted molar refractivity (Wildman–Crippen MR) is 78.6 cm³/mol. The summed E-state index contributed by atoms with van der Waals surface area (Å²) in [6.45, 7) is 11.2. The van der Waals surface area contributed by atoms with Crippen molar-refractivity contribution in [2.75, 3.05) is 6.54 Å². The monoisotopic (exact) mass is 281 g/mol. The normalized spacial score (nSPS) is 12.4.